The molecule has 0 fully saturated rings. The summed E-state index contributed by atoms with van der Waals surface area (Å²) < 4.78 is 4.41. The minimum Gasteiger partial charge on any atom is -0.462 e. The van der Waals surface area contributed by atoms with Crippen LogP contribution in [0.2, 0.25) is 0 Å². The van der Waals surface area contributed by atoms with Crippen molar-refractivity contribution in [1.82, 2.24) is 4.90 Å². The molecule has 4 heteroatoms. The molecular formula is C15H21NO3. The van der Waals surface area contributed by atoms with Crippen molar-refractivity contribution < 1.29 is 14.3 Å². The third-order valence-electron chi connectivity index (χ3n) is 3.59. The highest BCUT2D eigenvalue weighted by atomic mass is 16.5. The fraction of sp³-hybridized carbons (Fsp3) is 0.467. The third-order valence-corrected chi connectivity index (χ3v) is 3.59. The molecule has 0 atom stereocenters. The maximum absolute atomic E-state index is 11.6. The molecule has 0 aliphatic carbocycles. The van der Waals surface area contributed by atoms with Crippen molar-refractivity contribution in [1.29, 1.82) is 0 Å². The van der Waals surface area contributed by atoms with Gasteiger partial charge in [0.1, 0.15) is 0 Å². The van der Waals surface area contributed by atoms with Crippen LogP contribution in [0.3, 0.4) is 0 Å². The summed E-state index contributed by atoms with van der Waals surface area (Å²) in [6.45, 7) is 6.76. The van der Waals surface area contributed by atoms with Crippen molar-refractivity contribution in [2.45, 2.75) is 27.2 Å². The van der Waals surface area contributed by atoms with Crippen molar-refractivity contribution in [3.63, 3.8) is 0 Å². The van der Waals surface area contributed by atoms with Gasteiger partial charge >= 0.3 is 11.9 Å². The summed E-state index contributed by atoms with van der Waals surface area (Å²) >= 11 is 0. The largest absolute Gasteiger partial charge is 0.462 e. The smallest absolute Gasteiger partial charge is 0.396 e. The van der Waals surface area contributed by atoms with Crippen molar-refractivity contribution in [2.75, 3.05) is 20.7 Å². The van der Waals surface area contributed by atoms with E-state index in [4.69, 9.17) is 0 Å². The quantitative estimate of drug-likeness (QED) is 0.617. The monoisotopic (exact) mass is 263 g/mol. The highest BCUT2D eigenvalue weighted by Gasteiger charge is 2.18. The van der Waals surface area contributed by atoms with Crippen LogP contribution in [0.4, 0.5) is 0 Å². The molecular weight excluding hydrogens is 242 g/mol. The Morgan fingerprint density at radius 1 is 1.16 bits per heavy atom. The van der Waals surface area contributed by atoms with Crippen LogP contribution in [-0.2, 0) is 20.7 Å². The van der Waals surface area contributed by atoms with E-state index in [1.54, 1.807) is 7.05 Å². The average Bonchev–Trinajstić information content (AvgIpc) is 2.41. The molecule has 104 valence electrons. The Labute approximate surface area is 114 Å². The summed E-state index contributed by atoms with van der Waals surface area (Å²) in [6.07, 6.45) is 0.728. The van der Waals surface area contributed by atoms with E-state index in [0.29, 0.717) is 6.54 Å². The summed E-state index contributed by atoms with van der Waals surface area (Å²) in [5.41, 5.74) is 4.99. The summed E-state index contributed by atoms with van der Waals surface area (Å²) in [7, 11) is 2.82. The highest BCUT2D eigenvalue weighted by molar-refractivity contribution is 6.32. The van der Waals surface area contributed by atoms with Gasteiger partial charge in [0, 0.05) is 13.6 Å². The van der Waals surface area contributed by atoms with Gasteiger partial charge in [0.05, 0.1) is 7.11 Å². The van der Waals surface area contributed by atoms with Crippen LogP contribution in [0.15, 0.2) is 12.1 Å². The number of aryl methyl sites for hydroxylation is 1. The first-order valence-electron chi connectivity index (χ1n) is 6.27. The van der Waals surface area contributed by atoms with Crippen molar-refractivity contribution >= 4 is 11.9 Å². The lowest BCUT2D eigenvalue weighted by atomic mass is 9.97. The second-order valence-corrected chi connectivity index (χ2v) is 4.76. The number of esters is 1. The minimum atomic E-state index is -0.820. The van der Waals surface area contributed by atoms with Crippen LogP contribution in [-0.4, -0.2) is 37.5 Å². The molecule has 19 heavy (non-hydrogen) atoms. The fourth-order valence-corrected chi connectivity index (χ4v) is 1.92. The predicted molar refractivity (Wildman–Crippen MR) is 74.0 cm³/mol. The van der Waals surface area contributed by atoms with Crippen LogP contribution in [0.5, 0.6) is 0 Å². The first kappa shape index (κ1) is 15.2. The second-order valence-electron chi connectivity index (χ2n) is 4.76. The number of carbonyl (C=O) groups excluding carboxylic acids is 2. The van der Waals surface area contributed by atoms with Crippen LogP contribution in [0, 0.1) is 20.8 Å². The first-order chi connectivity index (χ1) is 8.88. The Morgan fingerprint density at radius 3 is 2.37 bits per heavy atom. The maximum Gasteiger partial charge on any atom is 0.396 e. The van der Waals surface area contributed by atoms with E-state index < -0.39 is 11.9 Å². The molecule has 4 nitrogen and oxygen atoms in total. The van der Waals surface area contributed by atoms with Gasteiger partial charge < -0.3 is 9.64 Å². The van der Waals surface area contributed by atoms with Crippen LogP contribution in [0.25, 0.3) is 0 Å². The van der Waals surface area contributed by atoms with Crippen LogP contribution >= 0.6 is 0 Å². The van der Waals surface area contributed by atoms with Crippen LogP contribution < -0.4 is 0 Å². The maximum atomic E-state index is 11.6. The number of hydrogen-bond acceptors (Lipinski definition) is 3. The molecule has 0 saturated heterocycles. The van der Waals surface area contributed by atoms with Gasteiger partial charge in [0.15, 0.2) is 0 Å². The number of rotatable bonds is 3. The molecule has 0 bridgehead atoms. The number of nitrogens with zero attached hydrogens (tertiary/aromatic N) is 1. The molecule has 0 radical (unpaired) electrons. The van der Waals surface area contributed by atoms with Gasteiger partial charge in [-0.1, -0.05) is 12.1 Å². The van der Waals surface area contributed by atoms with E-state index in [9.17, 15) is 9.59 Å². The number of benzene rings is 1. The van der Waals surface area contributed by atoms with E-state index in [1.165, 1.54) is 34.3 Å². The standard InChI is InChI=1S/C15H21NO3/c1-10-6-7-13(12(3)11(10)2)8-9-16(4)14(17)15(18)19-5/h6-7H,8-9H2,1-5H3. The summed E-state index contributed by atoms with van der Waals surface area (Å²) in [4.78, 5) is 24.1. The predicted octanol–water partition coefficient (Wildman–Crippen LogP) is 1.79. The zero-order valence-corrected chi connectivity index (χ0v) is 12.2. The van der Waals surface area contributed by atoms with E-state index in [0.717, 1.165) is 6.42 Å². The van der Waals surface area contributed by atoms with E-state index >= 15 is 0 Å². The minimum absolute atomic E-state index is 0.497. The van der Waals surface area contributed by atoms with Crippen LogP contribution in [0.1, 0.15) is 22.3 Å². The Hall–Kier alpha value is -1.84. The van der Waals surface area contributed by atoms with Gasteiger partial charge in [-0.2, -0.15) is 0 Å². The van der Waals surface area contributed by atoms with Gasteiger partial charge in [0.2, 0.25) is 0 Å². The Morgan fingerprint density at radius 2 is 1.79 bits per heavy atom. The van der Waals surface area contributed by atoms with E-state index in [1.807, 2.05) is 0 Å². The Bertz CT molecular complexity index is 494. The molecule has 1 aromatic rings. The fourth-order valence-electron chi connectivity index (χ4n) is 1.92. The lowest BCUT2D eigenvalue weighted by Crippen LogP contribution is -2.35. The number of ether oxygens (including phenoxy) is 1. The van der Waals surface area contributed by atoms with Crippen molar-refractivity contribution in [3.8, 4) is 0 Å². The molecule has 1 rings (SSSR count). The summed E-state index contributed by atoms with van der Waals surface area (Å²) in [6, 6.07) is 4.16. The summed E-state index contributed by atoms with van der Waals surface area (Å²) in [5, 5.41) is 0. The summed E-state index contributed by atoms with van der Waals surface area (Å²) in [5.74, 6) is -1.43. The number of hydrogen-bond donors (Lipinski definition) is 0. The number of carbonyl (C=O) groups is 2. The van der Waals surface area contributed by atoms with Crippen molar-refractivity contribution in [3.05, 3.63) is 34.4 Å². The molecule has 0 unspecified atom stereocenters. The Kier molecular flexibility index (Phi) is 5.10. The molecule has 0 heterocycles. The number of likely N-dealkylation sites (N-methyl/N-ethyl adjacent to an activating group) is 1. The van der Waals surface area contributed by atoms with Crippen molar-refractivity contribution in [2.24, 2.45) is 0 Å². The van der Waals surface area contributed by atoms with Gasteiger partial charge in [-0.25, -0.2) is 4.79 Å². The zero-order valence-electron chi connectivity index (χ0n) is 12.2. The lowest BCUT2D eigenvalue weighted by molar-refractivity contribution is -0.157. The van der Waals surface area contributed by atoms with Gasteiger partial charge in [-0.05, 0) is 49.4 Å². The first-order valence-corrected chi connectivity index (χ1v) is 6.27. The number of amides is 1. The molecule has 0 spiro atoms. The molecule has 1 aromatic carbocycles. The molecule has 0 aliphatic rings. The second kappa shape index (κ2) is 6.36. The molecule has 0 aliphatic heterocycles. The molecule has 0 aromatic heterocycles. The molecule has 1 amide bonds. The number of methoxy groups -OCH3 is 1. The van der Waals surface area contributed by atoms with Gasteiger partial charge in [0.25, 0.3) is 0 Å². The topological polar surface area (TPSA) is 46.6 Å². The Balaban J connectivity index is 2.70. The molecule has 0 N–H and O–H groups in total. The van der Waals surface area contributed by atoms with E-state index in [-0.39, 0.29) is 0 Å². The SMILES string of the molecule is COC(=O)C(=O)N(C)CCc1ccc(C)c(C)c1C. The van der Waals surface area contributed by atoms with E-state index in [2.05, 4.69) is 37.6 Å². The zero-order chi connectivity index (χ0) is 14.6. The highest BCUT2D eigenvalue weighted by Crippen LogP contribution is 2.17. The average molecular weight is 263 g/mol. The lowest BCUT2D eigenvalue weighted by Gasteiger charge is -2.17. The normalized spacial score (nSPS) is 10.2. The molecule has 0 saturated carbocycles. The third kappa shape index (κ3) is 3.56. The van der Waals surface area contributed by atoms with Gasteiger partial charge in [-0.3, -0.25) is 4.79 Å². The van der Waals surface area contributed by atoms with Gasteiger partial charge in [-0.15, -0.1) is 0 Å².